The van der Waals surface area contributed by atoms with Crippen LogP contribution < -0.4 is 14.8 Å². The first-order chi connectivity index (χ1) is 14.5. The molecule has 6 nitrogen and oxygen atoms in total. The van der Waals surface area contributed by atoms with E-state index >= 15 is 0 Å². The SMILES string of the molecule is CCOC(=O)c1c(-c2ccc(Br)cc2)csc1NC(=O)c1cc(OC)cc(OC)c1. The van der Waals surface area contributed by atoms with E-state index in [0.29, 0.717) is 33.2 Å². The summed E-state index contributed by atoms with van der Waals surface area (Å²) in [5.74, 6) is 0.107. The molecular formula is C22H20BrNO5S. The first-order valence-corrected chi connectivity index (χ1v) is 10.7. The Labute approximate surface area is 186 Å². The molecule has 1 heterocycles. The van der Waals surface area contributed by atoms with Crippen molar-refractivity contribution in [1.82, 2.24) is 0 Å². The van der Waals surface area contributed by atoms with E-state index in [2.05, 4.69) is 21.2 Å². The predicted octanol–water partition coefficient (Wildman–Crippen LogP) is 5.62. The Kier molecular flexibility index (Phi) is 7.12. The molecule has 0 bridgehead atoms. The smallest absolute Gasteiger partial charge is 0.341 e. The van der Waals surface area contributed by atoms with E-state index in [1.807, 2.05) is 29.6 Å². The van der Waals surface area contributed by atoms with Gasteiger partial charge >= 0.3 is 5.97 Å². The Morgan fingerprint density at radius 3 is 2.23 bits per heavy atom. The molecule has 8 heteroatoms. The minimum atomic E-state index is -0.491. The Balaban J connectivity index is 1.98. The van der Waals surface area contributed by atoms with Crippen LogP contribution in [0.2, 0.25) is 0 Å². The number of thiophene rings is 1. The lowest BCUT2D eigenvalue weighted by molar-refractivity contribution is 0.0529. The molecule has 0 spiro atoms. The van der Waals surface area contributed by atoms with Crippen molar-refractivity contribution in [3.63, 3.8) is 0 Å². The summed E-state index contributed by atoms with van der Waals surface area (Å²) in [5.41, 5.74) is 2.22. The number of rotatable bonds is 7. The number of carbonyl (C=O) groups excluding carboxylic acids is 2. The van der Waals surface area contributed by atoms with Gasteiger partial charge in [-0.2, -0.15) is 0 Å². The molecule has 0 aliphatic heterocycles. The van der Waals surface area contributed by atoms with Gasteiger partial charge in [0.05, 0.1) is 20.8 Å². The second kappa shape index (κ2) is 9.77. The van der Waals surface area contributed by atoms with Crippen LogP contribution in [-0.4, -0.2) is 32.7 Å². The fourth-order valence-electron chi connectivity index (χ4n) is 2.81. The molecule has 0 aliphatic carbocycles. The lowest BCUT2D eigenvalue weighted by Crippen LogP contribution is -2.15. The van der Waals surface area contributed by atoms with Gasteiger partial charge in [-0.05, 0) is 36.8 Å². The van der Waals surface area contributed by atoms with Crippen LogP contribution >= 0.6 is 27.3 Å². The summed E-state index contributed by atoms with van der Waals surface area (Å²) in [6, 6.07) is 12.5. The number of ether oxygens (including phenoxy) is 3. The minimum absolute atomic E-state index is 0.231. The number of esters is 1. The van der Waals surface area contributed by atoms with Crippen LogP contribution in [0.3, 0.4) is 0 Å². The van der Waals surface area contributed by atoms with Gasteiger partial charge in [-0.3, -0.25) is 4.79 Å². The van der Waals surface area contributed by atoms with E-state index in [1.54, 1.807) is 25.1 Å². The second-order valence-electron chi connectivity index (χ2n) is 6.14. The highest BCUT2D eigenvalue weighted by atomic mass is 79.9. The van der Waals surface area contributed by atoms with Gasteiger partial charge in [0.1, 0.15) is 22.1 Å². The molecule has 156 valence electrons. The molecule has 2 aromatic carbocycles. The van der Waals surface area contributed by atoms with Crippen molar-refractivity contribution in [2.75, 3.05) is 26.1 Å². The average Bonchev–Trinajstić information content (AvgIpc) is 3.17. The van der Waals surface area contributed by atoms with Gasteiger partial charge < -0.3 is 19.5 Å². The molecule has 0 saturated heterocycles. The molecule has 1 N–H and O–H groups in total. The lowest BCUT2D eigenvalue weighted by atomic mass is 10.0. The van der Waals surface area contributed by atoms with Gasteiger partial charge in [0.25, 0.3) is 5.91 Å². The average molecular weight is 490 g/mol. The van der Waals surface area contributed by atoms with Gasteiger partial charge in [-0.1, -0.05) is 28.1 Å². The topological polar surface area (TPSA) is 73.9 Å². The van der Waals surface area contributed by atoms with E-state index in [1.165, 1.54) is 25.6 Å². The Hall–Kier alpha value is -2.84. The van der Waals surface area contributed by atoms with Crippen molar-refractivity contribution in [2.45, 2.75) is 6.92 Å². The monoisotopic (exact) mass is 489 g/mol. The first kappa shape index (κ1) is 21.9. The zero-order valence-electron chi connectivity index (χ0n) is 16.7. The minimum Gasteiger partial charge on any atom is -0.497 e. The van der Waals surface area contributed by atoms with Crippen molar-refractivity contribution >= 4 is 44.1 Å². The van der Waals surface area contributed by atoms with Crippen molar-refractivity contribution in [3.8, 4) is 22.6 Å². The maximum absolute atomic E-state index is 12.9. The van der Waals surface area contributed by atoms with E-state index in [0.717, 1.165) is 10.0 Å². The summed E-state index contributed by atoms with van der Waals surface area (Å²) in [6.07, 6.45) is 0. The van der Waals surface area contributed by atoms with Crippen molar-refractivity contribution in [2.24, 2.45) is 0 Å². The summed E-state index contributed by atoms with van der Waals surface area (Å²) in [4.78, 5) is 25.6. The number of anilines is 1. The molecule has 0 atom stereocenters. The maximum atomic E-state index is 12.9. The van der Waals surface area contributed by atoms with Gasteiger partial charge in [-0.15, -0.1) is 11.3 Å². The summed E-state index contributed by atoms with van der Waals surface area (Å²) in [7, 11) is 3.03. The molecule has 1 amide bonds. The van der Waals surface area contributed by atoms with E-state index in [9.17, 15) is 9.59 Å². The van der Waals surface area contributed by atoms with Crippen LogP contribution in [0.4, 0.5) is 5.00 Å². The molecule has 0 aliphatic rings. The van der Waals surface area contributed by atoms with Crippen molar-refractivity contribution < 1.29 is 23.8 Å². The Morgan fingerprint density at radius 2 is 1.67 bits per heavy atom. The third-order valence-electron chi connectivity index (χ3n) is 4.27. The second-order valence-corrected chi connectivity index (χ2v) is 7.93. The summed E-state index contributed by atoms with van der Waals surface area (Å²) >= 11 is 4.68. The fraction of sp³-hybridized carbons (Fsp3) is 0.182. The quantitative estimate of drug-likeness (QED) is 0.435. The summed E-state index contributed by atoms with van der Waals surface area (Å²) in [5, 5.41) is 5.07. The Morgan fingerprint density at radius 1 is 1.03 bits per heavy atom. The van der Waals surface area contributed by atoms with Crippen molar-refractivity contribution in [1.29, 1.82) is 0 Å². The van der Waals surface area contributed by atoms with Gasteiger partial charge in [0.15, 0.2) is 0 Å². The molecule has 3 aromatic rings. The number of benzene rings is 2. The number of halogens is 1. The van der Waals surface area contributed by atoms with Crippen LogP contribution in [0.1, 0.15) is 27.6 Å². The normalized spacial score (nSPS) is 10.4. The molecule has 30 heavy (non-hydrogen) atoms. The van der Waals surface area contributed by atoms with Gasteiger partial charge in [-0.25, -0.2) is 4.79 Å². The largest absolute Gasteiger partial charge is 0.497 e. The zero-order chi connectivity index (χ0) is 21.7. The number of methoxy groups -OCH3 is 2. The van der Waals surface area contributed by atoms with Crippen LogP contribution in [-0.2, 0) is 4.74 Å². The van der Waals surface area contributed by atoms with Crippen LogP contribution in [0.5, 0.6) is 11.5 Å². The molecular weight excluding hydrogens is 470 g/mol. The molecule has 3 rings (SSSR count). The van der Waals surface area contributed by atoms with E-state index in [4.69, 9.17) is 14.2 Å². The standard InChI is InChI=1S/C22H20BrNO5S/c1-4-29-22(26)19-18(13-5-7-15(23)8-6-13)12-30-21(19)24-20(25)14-9-16(27-2)11-17(10-14)28-3/h5-12H,4H2,1-3H3,(H,24,25). The van der Waals surface area contributed by atoms with Crippen LogP contribution in [0.25, 0.3) is 11.1 Å². The lowest BCUT2D eigenvalue weighted by Gasteiger charge is -2.11. The number of amides is 1. The first-order valence-electron chi connectivity index (χ1n) is 9.05. The highest BCUT2D eigenvalue weighted by Gasteiger charge is 2.23. The number of nitrogens with one attached hydrogen (secondary N) is 1. The summed E-state index contributed by atoms with van der Waals surface area (Å²) < 4.78 is 16.6. The van der Waals surface area contributed by atoms with E-state index < -0.39 is 5.97 Å². The van der Waals surface area contributed by atoms with Gasteiger partial charge in [0, 0.05) is 27.0 Å². The van der Waals surface area contributed by atoms with Crippen molar-refractivity contribution in [3.05, 3.63) is 63.4 Å². The van der Waals surface area contributed by atoms with Crippen LogP contribution in [0, 0.1) is 0 Å². The molecule has 0 fully saturated rings. The number of hydrogen-bond acceptors (Lipinski definition) is 6. The third-order valence-corrected chi connectivity index (χ3v) is 5.69. The third kappa shape index (κ3) is 4.83. The van der Waals surface area contributed by atoms with Gasteiger partial charge in [0.2, 0.25) is 0 Å². The zero-order valence-corrected chi connectivity index (χ0v) is 19.1. The molecule has 0 unspecified atom stereocenters. The highest BCUT2D eigenvalue weighted by Crippen LogP contribution is 2.37. The molecule has 0 radical (unpaired) electrons. The highest BCUT2D eigenvalue weighted by molar-refractivity contribution is 9.10. The molecule has 1 aromatic heterocycles. The summed E-state index contributed by atoms with van der Waals surface area (Å²) in [6.45, 7) is 1.97. The van der Waals surface area contributed by atoms with Crippen LogP contribution in [0.15, 0.2) is 52.3 Å². The number of carbonyl (C=O) groups is 2. The maximum Gasteiger partial charge on any atom is 0.341 e. The predicted molar refractivity (Wildman–Crippen MR) is 121 cm³/mol. The number of hydrogen-bond donors (Lipinski definition) is 1. The van der Waals surface area contributed by atoms with E-state index in [-0.39, 0.29) is 12.5 Å². The molecule has 0 saturated carbocycles. The Bertz CT molecular complexity index is 1040. The fourth-order valence-corrected chi connectivity index (χ4v) is 4.03.